The zero-order chi connectivity index (χ0) is 17.8. The molecule has 1 aromatic carbocycles. The van der Waals surface area contributed by atoms with Gasteiger partial charge in [-0.1, -0.05) is 6.07 Å². The minimum atomic E-state index is -0.367. The van der Waals surface area contributed by atoms with Crippen LogP contribution in [0.3, 0.4) is 0 Å². The van der Waals surface area contributed by atoms with Crippen LogP contribution in [0.25, 0.3) is 0 Å². The van der Waals surface area contributed by atoms with Crippen molar-refractivity contribution in [1.29, 1.82) is 0 Å². The molecule has 132 valence electrons. The summed E-state index contributed by atoms with van der Waals surface area (Å²) in [5.74, 6) is 0.963. The molecule has 2 heterocycles. The predicted octanol–water partition coefficient (Wildman–Crippen LogP) is 3.14. The van der Waals surface area contributed by atoms with Gasteiger partial charge in [-0.3, -0.25) is 10.1 Å². The highest BCUT2D eigenvalue weighted by molar-refractivity contribution is 5.53. The zero-order valence-corrected chi connectivity index (χ0v) is 14.4. The number of hydrogen-bond acceptors (Lipinski definition) is 6. The lowest BCUT2D eigenvalue weighted by molar-refractivity contribution is -0.385. The number of nitrogens with one attached hydrogen (secondary N) is 1. The Balaban J connectivity index is 1.60. The van der Waals surface area contributed by atoms with E-state index in [2.05, 4.69) is 22.1 Å². The minimum absolute atomic E-state index is 0.135. The van der Waals surface area contributed by atoms with Crippen molar-refractivity contribution in [2.24, 2.45) is 0 Å². The normalized spacial score (nSPS) is 17.4. The molecule has 3 rings (SSSR count). The van der Waals surface area contributed by atoms with Crippen LogP contribution in [0.1, 0.15) is 18.1 Å². The molecule has 7 heteroatoms. The zero-order valence-electron chi connectivity index (χ0n) is 14.4. The summed E-state index contributed by atoms with van der Waals surface area (Å²) >= 11 is 0. The van der Waals surface area contributed by atoms with E-state index < -0.39 is 0 Å². The van der Waals surface area contributed by atoms with Crippen molar-refractivity contribution >= 4 is 17.2 Å². The van der Waals surface area contributed by atoms with Crippen LogP contribution >= 0.6 is 0 Å². The molecule has 0 aliphatic carbocycles. The second kappa shape index (κ2) is 7.48. The van der Waals surface area contributed by atoms with E-state index in [0.29, 0.717) is 12.1 Å². The average molecular weight is 342 g/mol. The number of nitrogens with zero attached hydrogens (tertiary/aromatic N) is 3. The Morgan fingerprint density at radius 1 is 1.40 bits per heavy atom. The van der Waals surface area contributed by atoms with Gasteiger partial charge in [-0.05, 0) is 37.6 Å². The topological polar surface area (TPSA) is 80.5 Å². The van der Waals surface area contributed by atoms with E-state index in [0.717, 1.165) is 36.8 Å². The molecule has 2 aromatic rings. The first kappa shape index (κ1) is 17.2. The fourth-order valence-electron chi connectivity index (χ4n) is 2.91. The van der Waals surface area contributed by atoms with Crippen LogP contribution in [0.4, 0.5) is 17.2 Å². The molecule has 1 fully saturated rings. The quantitative estimate of drug-likeness (QED) is 0.664. The first-order chi connectivity index (χ1) is 12.0. The lowest BCUT2D eigenvalue weighted by Gasteiger charge is -2.32. The van der Waals surface area contributed by atoms with Gasteiger partial charge >= 0.3 is 0 Å². The number of pyridine rings is 1. The summed E-state index contributed by atoms with van der Waals surface area (Å²) in [5, 5.41) is 14.1. The van der Waals surface area contributed by atoms with Gasteiger partial charge in [-0.25, -0.2) is 4.98 Å². The number of aryl methyl sites for hydroxylation is 1. The van der Waals surface area contributed by atoms with Gasteiger partial charge in [0.1, 0.15) is 5.82 Å². The van der Waals surface area contributed by atoms with Crippen LogP contribution in [-0.2, 0) is 11.3 Å². The van der Waals surface area contributed by atoms with Crippen LogP contribution in [-0.4, -0.2) is 35.7 Å². The lowest BCUT2D eigenvalue weighted by Crippen LogP contribution is -2.41. The fraction of sp³-hybridized carbons (Fsp3) is 0.389. The largest absolute Gasteiger partial charge is 0.381 e. The Bertz CT molecular complexity index is 748. The predicted molar refractivity (Wildman–Crippen MR) is 97.0 cm³/mol. The number of nitro benzene ring substituents is 1. The Kier molecular flexibility index (Phi) is 5.14. The standard InChI is InChI=1S/C18H22N4O3/c1-13-9-16(4-5-17(13)22(23)24)19-10-15-3-6-18(20-11-15)21-7-8-25-14(2)12-21/h3-6,9,11,14,19H,7-8,10,12H2,1-2H3/t14-/m0/s1. The summed E-state index contributed by atoms with van der Waals surface area (Å²) < 4.78 is 5.55. The summed E-state index contributed by atoms with van der Waals surface area (Å²) in [6.45, 7) is 6.86. The SMILES string of the molecule is Cc1cc(NCc2ccc(N3CCO[C@@H](C)C3)nc2)ccc1[N+](=O)[O-]. The van der Waals surface area contributed by atoms with Gasteiger partial charge in [-0.15, -0.1) is 0 Å². The molecule has 0 amide bonds. The van der Waals surface area contributed by atoms with E-state index in [9.17, 15) is 10.1 Å². The number of ether oxygens (including phenoxy) is 1. The summed E-state index contributed by atoms with van der Waals surface area (Å²) in [6.07, 6.45) is 2.09. The van der Waals surface area contributed by atoms with Crippen molar-refractivity contribution in [2.45, 2.75) is 26.5 Å². The van der Waals surface area contributed by atoms with E-state index in [1.165, 1.54) is 6.07 Å². The number of hydrogen-bond donors (Lipinski definition) is 1. The second-order valence-electron chi connectivity index (χ2n) is 6.26. The van der Waals surface area contributed by atoms with E-state index >= 15 is 0 Å². The maximum absolute atomic E-state index is 10.9. The fourth-order valence-corrected chi connectivity index (χ4v) is 2.91. The van der Waals surface area contributed by atoms with Gasteiger partial charge in [0.2, 0.25) is 0 Å². The average Bonchev–Trinajstić information content (AvgIpc) is 2.60. The van der Waals surface area contributed by atoms with Gasteiger partial charge in [0, 0.05) is 43.1 Å². The number of rotatable bonds is 5. The van der Waals surface area contributed by atoms with Crippen LogP contribution in [0.15, 0.2) is 36.5 Å². The molecule has 1 aliphatic heterocycles. The van der Waals surface area contributed by atoms with E-state index in [-0.39, 0.29) is 16.7 Å². The van der Waals surface area contributed by atoms with E-state index in [1.807, 2.05) is 18.3 Å². The van der Waals surface area contributed by atoms with Crippen LogP contribution in [0.5, 0.6) is 0 Å². The third kappa shape index (κ3) is 4.24. The molecule has 0 spiro atoms. The second-order valence-corrected chi connectivity index (χ2v) is 6.26. The summed E-state index contributed by atoms with van der Waals surface area (Å²) in [5.41, 5.74) is 2.69. The molecule has 1 aliphatic rings. The monoisotopic (exact) mass is 342 g/mol. The molecule has 7 nitrogen and oxygen atoms in total. The van der Waals surface area contributed by atoms with Crippen LogP contribution < -0.4 is 10.2 Å². The number of benzene rings is 1. The van der Waals surface area contributed by atoms with Gasteiger partial charge in [0.25, 0.3) is 5.69 Å². The first-order valence-electron chi connectivity index (χ1n) is 8.33. The maximum atomic E-state index is 10.9. The highest BCUT2D eigenvalue weighted by Gasteiger charge is 2.17. The smallest absolute Gasteiger partial charge is 0.272 e. The number of anilines is 2. The first-order valence-corrected chi connectivity index (χ1v) is 8.33. The third-order valence-electron chi connectivity index (χ3n) is 4.26. The van der Waals surface area contributed by atoms with Gasteiger partial charge in [0.05, 0.1) is 17.6 Å². The molecule has 1 N–H and O–H groups in total. The molecule has 0 unspecified atom stereocenters. The molecule has 1 atom stereocenters. The highest BCUT2D eigenvalue weighted by Crippen LogP contribution is 2.22. The summed E-state index contributed by atoms with van der Waals surface area (Å²) in [6, 6.07) is 9.11. The van der Waals surface area contributed by atoms with Crippen molar-refractivity contribution < 1.29 is 9.66 Å². The Morgan fingerprint density at radius 2 is 2.24 bits per heavy atom. The van der Waals surface area contributed by atoms with Crippen LogP contribution in [0.2, 0.25) is 0 Å². The Morgan fingerprint density at radius 3 is 2.88 bits per heavy atom. The van der Waals surface area contributed by atoms with Crippen molar-refractivity contribution in [1.82, 2.24) is 4.98 Å². The molecule has 25 heavy (non-hydrogen) atoms. The number of aromatic nitrogens is 1. The Labute approximate surface area is 146 Å². The van der Waals surface area contributed by atoms with E-state index in [1.54, 1.807) is 19.1 Å². The van der Waals surface area contributed by atoms with E-state index in [4.69, 9.17) is 4.74 Å². The lowest BCUT2D eigenvalue weighted by atomic mass is 10.1. The van der Waals surface area contributed by atoms with Crippen molar-refractivity contribution in [3.63, 3.8) is 0 Å². The van der Waals surface area contributed by atoms with Gasteiger partial charge in [-0.2, -0.15) is 0 Å². The molecule has 0 saturated carbocycles. The highest BCUT2D eigenvalue weighted by atomic mass is 16.6. The number of morpholine rings is 1. The molecule has 1 aromatic heterocycles. The molecular weight excluding hydrogens is 320 g/mol. The minimum Gasteiger partial charge on any atom is -0.381 e. The third-order valence-corrected chi connectivity index (χ3v) is 4.26. The van der Waals surface area contributed by atoms with Crippen molar-refractivity contribution in [3.05, 3.63) is 57.8 Å². The number of nitro groups is 1. The van der Waals surface area contributed by atoms with Crippen molar-refractivity contribution in [2.75, 3.05) is 29.9 Å². The summed E-state index contributed by atoms with van der Waals surface area (Å²) in [4.78, 5) is 17.3. The van der Waals surface area contributed by atoms with Gasteiger partial charge < -0.3 is 15.0 Å². The Hall–Kier alpha value is -2.67. The molecule has 0 bridgehead atoms. The molecular formula is C18H22N4O3. The van der Waals surface area contributed by atoms with Gasteiger partial charge in [0.15, 0.2) is 0 Å². The molecule has 0 radical (unpaired) electrons. The summed E-state index contributed by atoms with van der Waals surface area (Å²) in [7, 11) is 0. The van der Waals surface area contributed by atoms with Crippen molar-refractivity contribution in [3.8, 4) is 0 Å². The maximum Gasteiger partial charge on any atom is 0.272 e. The molecule has 1 saturated heterocycles. The van der Waals surface area contributed by atoms with Crippen LogP contribution in [0, 0.1) is 17.0 Å².